The molecule has 2 saturated carbocycles. The van der Waals surface area contributed by atoms with E-state index >= 15 is 0 Å². The highest BCUT2D eigenvalue weighted by Gasteiger charge is 2.56. The average Bonchev–Trinajstić information content (AvgIpc) is 3.26. The summed E-state index contributed by atoms with van der Waals surface area (Å²) in [6.45, 7) is 7.58. The van der Waals surface area contributed by atoms with E-state index in [0.29, 0.717) is 23.8 Å². The molecule has 3 nitrogen and oxygen atoms in total. The van der Waals surface area contributed by atoms with Crippen LogP contribution in [0.5, 0.6) is 0 Å². The van der Waals surface area contributed by atoms with Crippen LogP contribution < -0.4 is 5.32 Å². The Hall–Kier alpha value is -0.570. The number of nitrogens with one attached hydrogen (secondary N) is 1. The van der Waals surface area contributed by atoms with E-state index in [1.165, 1.54) is 38.5 Å². The normalized spacial score (nSPS) is 39.0. The highest BCUT2D eigenvalue weighted by molar-refractivity contribution is 5.82. The Kier molecular flexibility index (Phi) is 4.88. The number of carbonyl (C=O) groups excluding carboxylic acids is 1. The first-order chi connectivity index (χ1) is 10.3. The van der Waals surface area contributed by atoms with Gasteiger partial charge in [-0.05, 0) is 50.0 Å². The lowest BCUT2D eigenvalue weighted by Crippen LogP contribution is -2.51. The quantitative estimate of drug-likeness (QED) is 0.844. The zero-order chi connectivity index (χ0) is 14.8. The van der Waals surface area contributed by atoms with E-state index < -0.39 is 0 Å². The molecule has 0 aromatic carbocycles. The number of nitrogens with zero attached hydrogens (tertiary/aromatic N) is 1. The molecule has 0 spiro atoms. The maximum Gasteiger partial charge on any atom is 0.226 e. The molecule has 0 radical (unpaired) electrons. The predicted octanol–water partition coefficient (Wildman–Crippen LogP) is 3.05. The van der Waals surface area contributed by atoms with Gasteiger partial charge in [-0.3, -0.25) is 4.79 Å². The highest BCUT2D eigenvalue weighted by atomic mass is 16.2. The van der Waals surface area contributed by atoms with Gasteiger partial charge in [-0.15, -0.1) is 0 Å². The molecule has 4 atom stereocenters. The van der Waals surface area contributed by atoms with Crippen LogP contribution in [0, 0.1) is 23.7 Å². The van der Waals surface area contributed by atoms with Crippen molar-refractivity contribution in [3.63, 3.8) is 0 Å². The van der Waals surface area contributed by atoms with Gasteiger partial charge in [0.1, 0.15) is 0 Å². The number of carbonyl (C=O) groups is 1. The van der Waals surface area contributed by atoms with Crippen LogP contribution in [-0.2, 0) is 4.79 Å². The fourth-order valence-electron chi connectivity index (χ4n) is 4.81. The first-order valence-corrected chi connectivity index (χ1v) is 9.28. The molecule has 3 rings (SSSR count). The third kappa shape index (κ3) is 3.13. The molecule has 1 amide bonds. The summed E-state index contributed by atoms with van der Waals surface area (Å²) in [5, 5.41) is 3.69. The van der Waals surface area contributed by atoms with Crippen LogP contribution >= 0.6 is 0 Å². The first-order valence-electron chi connectivity index (χ1n) is 9.28. The molecule has 1 saturated heterocycles. The van der Waals surface area contributed by atoms with Gasteiger partial charge in [0.15, 0.2) is 0 Å². The summed E-state index contributed by atoms with van der Waals surface area (Å²) in [6, 6.07) is 0.625. The molecule has 0 aromatic heterocycles. The second-order valence-corrected chi connectivity index (χ2v) is 7.44. The Balaban J connectivity index is 1.54. The number of fused-ring (bicyclic) bond motifs is 1. The molecule has 0 bridgehead atoms. The molecule has 4 unspecified atom stereocenters. The Morgan fingerprint density at radius 1 is 1.14 bits per heavy atom. The van der Waals surface area contributed by atoms with Crippen molar-refractivity contribution in [2.24, 2.45) is 23.7 Å². The molecule has 120 valence electrons. The van der Waals surface area contributed by atoms with E-state index in [4.69, 9.17) is 0 Å². The second kappa shape index (κ2) is 6.68. The standard InChI is InChI=1S/C18H32N2O/c1-3-10-19-16-9-11-20(12-13(16)4-2)18(21)17-14-7-5-6-8-15(14)17/h13-17,19H,3-12H2,1-2H3. The molecule has 1 heterocycles. The van der Waals surface area contributed by atoms with E-state index in [1.54, 1.807) is 0 Å². The minimum atomic E-state index is 0.408. The summed E-state index contributed by atoms with van der Waals surface area (Å²) < 4.78 is 0. The summed E-state index contributed by atoms with van der Waals surface area (Å²) in [4.78, 5) is 15.0. The van der Waals surface area contributed by atoms with Crippen molar-refractivity contribution in [3.8, 4) is 0 Å². The fraction of sp³-hybridized carbons (Fsp3) is 0.944. The van der Waals surface area contributed by atoms with Gasteiger partial charge in [0.2, 0.25) is 5.91 Å². The van der Waals surface area contributed by atoms with E-state index in [9.17, 15) is 4.79 Å². The summed E-state index contributed by atoms with van der Waals surface area (Å²) in [5.41, 5.74) is 0. The molecule has 2 aliphatic carbocycles. The van der Waals surface area contributed by atoms with Crippen molar-refractivity contribution >= 4 is 5.91 Å². The number of rotatable bonds is 5. The van der Waals surface area contributed by atoms with E-state index in [0.717, 1.165) is 37.9 Å². The monoisotopic (exact) mass is 292 g/mol. The van der Waals surface area contributed by atoms with Gasteiger partial charge in [0.25, 0.3) is 0 Å². The lowest BCUT2D eigenvalue weighted by atomic mass is 9.89. The summed E-state index contributed by atoms with van der Waals surface area (Å²) in [6.07, 6.45) is 8.85. The van der Waals surface area contributed by atoms with Gasteiger partial charge in [-0.25, -0.2) is 0 Å². The smallest absolute Gasteiger partial charge is 0.226 e. The van der Waals surface area contributed by atoms with Crippen LogP contribution in [0.15, 0.2) is 0 Å². The first kappa shape index (κ1) is 15.3. The molecular formula is C18H32N2O. The van der Waals surface area contributed by atoms with E-state index in [1.807, 2.05) is 0 Å². The molecule has 3 fully saturated rings. The van der Waals surface area contributed by atoms with Crippen LogP contribution in [0.4, 0.5) is 0 Å². The Morgan fingerprint density at radius 2 is 1.86 bits per heavy atom. The third-order valence-electron chi connectivity index (χ3n) is 6.17. The van der Waals surface area contributed by atoms with E-state index in [2.05, 4.69) is 24.1 Å². The molecule has 3 aliphatic rings. The topological polar surface area (TPSA) is 32.3 Å². The Labute approximate surface area is 129 Å². The maximum absolute atomic E-state index is 12.8. The van der Waals surface area contributed by atoms with Crippen LogP contribution in [-0.4, -0.2) is 36.5 Å². The molecule has 21 heavy (non-hydrogen) atoms. The largest absolute Gasteiger partial charge is 0.342 e. The summed E-state index contributed by atoms with van der Waals surface area (Å²) >= 11 is 0. The highest BCUT2D eigenvalue weighted by Crippen LogP contribution is 2.56. The number of amides is 1. The van der Waals surface area contributed by atoms with Gasteiger partial charge < -0.3 is 10.2 Å². The van der Waals surface area contributed by atoms with Crippen molar-refractivity contribution in [1.82, 2.24) is 10.2 Å². The van der Waals surface area contributed by atoms with Crippen LogP contribution in [0.3, 0.4) is 0 Å². The number of piperidine rings is 1. The predicted molar refractivity (Wildman–Crippen MR) is 86.0 cm³/mol. The Bertz CT molecular complexity index is 358. The molecule has 0 aromatic rings. The molecule has 1 aliphatic heterocycles. The van der Waals surface area contributed by atoms with E-state index in [-0.39, 0.29) is 0 Å². The van der Waals surface area contributed by atoms with Crippen molar-refractivity contribution < 1.29 is 4.79 Å². The lowest BCUT2D eigenvalue weighted by molar-refractivity contribution is -0.135. The second-order valence-electron chi connectivity index (χ2n) is 7.44. The summed E-state index contributed by atoms with van der Waals surface area (Å²) in [5.74, 6) is 3.06. The molecule has 3 heteroatoms. The van der Waals surface area contributed by atoms with Gasteiger partial charge in [0, 0.05) is 25.0 Å². The number of hydrogen-bond donors (Lipinski definition) is 1. The van der Waals surface area contributed by atoms with Gasteiger partial charge in [0.05, 0.1) is 0 Å². The van der Waals surface area contributed by atoms with Crippen molar-refractivity contribution in [2.45, 2.75) is 64.8 Å². The number of hydrogen-bond acceptors (Lipinski definition) is 2. The summed E-state index contributed by atoms with van der Waals surface area (Å²) in [7, 11) is 0. The minimum absolute atomic E-state index is 0.408. The Morgan fingerprint density at radius 3 is 2.48 bits per heavy atom. The van der Waals surface area contributed by atoms with Gasteiger partial charge in [-0.2, -0.15) is 0 Å². The number of likely N-dealkylation sites (tertiary alicyclic amines) is 1. The molecule has 1 N–H and O–H groups in total. The SMILES string of the molecule is CCCNC1CCN(C(=O)C2C3CCCCC32)CC1CC. The lowest BCUT2D eigenvalue weighted by Gasteiger charge is -2.39. The van der Waals surface area contributed by atoms with Crippen molar-refractivity contribution in [3.05, 3.63) is 0 Å². The van der Waals surface area contributed by atoms with Crippen molar-refractivity contribution in [1.29, 1.82) is 0 Å². The minimum Gasteiger partial charge on any atom is -0.342 e. The van der Waals surface area contributed by atoms with Crippen LogP contribution in [0.25, 0.3) is 0 Å². The van der Waals surface area contributed by atoms with Gasteiger partial charge in [-0.1, -0.05) is 33.1 Å². The van der Waals surface area contributed by atoms with Crippen LogP contribution in [0.1, 0.15) is 58.8 Å². The van der Waals surface area contributed by atoms with Crippen LogP contribution in [0.2, 0.25) is 0 Å². The average molecular weight is 292 g/mol. The molecular weight excluding hydrogens is 260 g/mol. The third-order valence-corrected chi connectivity index (χ3v) is 6.17. The van der Waals surface area contributed by atoms with Gasteiger partial charge >= 0.3 is 0 Å². The zero-order valence-electron chi connectivity index (χ0n) is 13.8. The van der Waals surface area contributed by atoms with Crippen molar-refractivity contribution in [2.75, 3.05) is 19.6 Å². The maximum atomic E-state index is 12.8. The zero-order valence-corrected chi connectivity index (χ0v) is 13.8. The fourth-order valence-corrected chi connectivity index (χ4v) is 4.81.